The molecule has 1 heterocycles. The van der Waals surface area contributed by atoms with E-state index in [1.165, 1.54) is 4.90 Å². The molecule has 0 spiro atoms. The Morgan fingerprint density at radius 1 is 1.26 bits per heavy atom. The van der Waals surface area contributed by atoms with Gasteiger partial charge in [0.05, 0.1) is 24.9 Å². The topological polar surface area (TPSA) is 49.5 Å². The summed E-state index contributed by atoms with van der Waals surface area (Å²) < 4.78 is 31.0. The number of aryl methyl sites for hydroxylation is 1. The molecular weight excluding hydrogens is 326 g/mol. The molecule has 1 atom stereocenters. The lowest BCUT2D eigenvalue weighted by atomic mass is 10.1. The van der Waals surface area contributed by atoms with Crippen molar-refractivity contribution in [1.82, 2.24) is 9.88 Å². The molecule has 0 radical (unpaired) electrons. The van der Waals surface area contributed by atoms with Gasteiger partial charge in [0.1, 0.15) is 0 Å². The molecule has 23 heavy (non-hydrogen) atoms. The van der Waals surface area contributed by atoms with Crippen LogP contribution in [-0.2, 0) is 6.54 Å². The first-order chi connectivity index (χ1) is 10.8. The smallest absolute Gasteiger partial charge is 0.251 e. The van der Waals surface area contributed by atoms with Crippen LogP contribution in [-0.4, -0.2) is 40.6 Å². The van der Waals surface area contributed by atoms with E-state index in [0.29, 0.717) is 22.4 Å². The summed E-state index contributed by atoms with van der Waals surface area (Å²) in [4.78, 5) is 5.72. The monoisotopic (exact) mass is 344 g/mol. The average molecular weight is 345 g/mol. The van der Waals surface area contributed by atoms with Crippen LogP contribution < -0.4 is 0 Å². The molecule has 0 aliphatic rings. The molecule has 0 saturated heterocycles. The maximum Gasteiger partial charge on any atom is 0.251 e. The van der Waals surface area contributed by atoms with Gasteiger partial charge in [0.2, 0.25) is 5.89 Å². The van der Waals surface area contributed by atoms with E-state index in [1.807, 2.05) is 12.1 Å². The van der Waals surface area contributed by atoms with Crippen molar-refractivity contribution in [3.8, 4) is 11.3 Å². The van der Waals surface area contributed by atoms with Crippen molar-refractivity contribution in [2.24, 2.45) is 0 Å². The van der Waals surface area contributed by atoms with Gasteiger partial charge in [0.25, 0.3) is 6.43 Å². The fourth-order valence-corrected chi connectivity index (χ4v) is 2.48. The first-order valence-corrected chi connectivity index (χ1v) is 7.63. The molecular formula is C16H19ClF2N2O2. The zero-order valence-electron chi connectivity index (χ0n) is 13.0. The van der Waals surface area contributed by atoms with Gasteiger partial charge in [-0.3, -0.25) is 4.90 Å². The van der Waals surface area contributed by atoms with Crippen LogP contribution in [0.4, 0.5) is 8.78 Å². The van der Waals surface area contributed by atoms with Crippen molar-refractivity contribution in [1.29, 1.82) is 0 Å². The quantitative estimate of drug-likeness (QED) is 0.831. The fourth-order valence-electron chi connectivity index (χ4n) is 2.35. The lowest BCUT2D eigenvalue weighted by Crippen LogP contribution is -2.34. The SMILES string of the molecule is Cc1nc(CN(CC(C)O)CC(F)F)oc1-c1ccc(Cl)cc1. The van der Waals surface area contributed by atoms with Crippen LogP contribution in [0.2, 0.25) is 5.02 Å². The number of alkyl halides is 2. The highest BCUT2D eigenvalue weighted by molar-refractivity contribution is 6.30. The van der Waals surface area contributed by atoms with Gasteiger partial charge in [-0.2, -0.15) is 0 Å². The van der Waals surface area contributed by atoms with Crippen LogP contribution in [0.25, 0.3) is 11.3 Å². The number of oxazole rings is 1. The van der Waals surface area contributed by atoms with Gasteiger partial charge in [0.15, 0.2) is 5.76 Å². The first kappa shape index (κ1) is 17.8. The molecule has 0 amide bonds. The van der Waals surface area contributed by atoms with Gasteiger partial charge >= 0.3 is 0 Å². The molecule has 2 aromatic rings. The van der Waals surface area contributed by atoms with Crippen molar-refractivity contribution in [2.45, 2.75) is 32.9 Å². The fraction of sp³-hybridized carbons (Fsp3) is 0.438. The number of hydrogen-bond donors (Lipinski definition) is 1. The van der Waals surface area contributed by atoms with Gasteiger partial charge in [-0.1, -0.05) is 11.6 Å². The van der Waals surface area contributed by atoms with Crippen LogP contribution >= 0.6 is 11.6 Å². The molecule has 0 aliphatic carbocycles. The molecule has 0 saturated carbocycles. The summed E-state index contributed by atoms with van der Waals surface area (Å²) >= 11 is 5.86. The molecule has 126 valence electrons. The molecule has 7 heteroatoms. The summed E-state index contributed by atoms with van der Waals surface area (Å²) in [6.45, 7) is 3.15. The van der Waals surface area contributed by atoms with E-state index in [2.05, 4.69) is 4.98 Å². The van der Waals surface area contributed by atoms with E-state index in [1.54, 1.807) is 26.0 Å². The molecule has 2 rings (SSSR count). The summed E-state index contributed by atoms with van der Waals surface area (Å²) in [5, 5.41) is 10.0. The van der Waals surface area contributed by atoms with E-state index < -0.39 is 19.1 Å². The van der Waals surface area contributed by atoms with Crippen molar-refractivity contribution >= 4 is 11.6 Å². The minimum Gasteiger partial charge on any atom is -0.439 e. The Kier molecular flexibility index (Phi) is 6.10. The molecule has 1 N–H and O–H groups in total. The molecule has 0 aliphatic heterocycles. The number of hydrogen-bond acceptors (Lipinski definition) is 4. The van der Waals surface area contributed by atoms with Crippen molar-refractivity contribution in [3.05, 3.63) is 40.9 Å². The van der Waals surface area contributed by atoms with Gasteiger partial charge in [-0.05, 0) is 38.1 Å². The Labute approximate surface area is 138 Å². The Balaban J connectivity index is 2.16. The second-order valence-corrected chi connectivity index (χ2v) is 5.90. The number of halogens is 3. The Bertz CT molecular complexity index is 620. The molecule has 1 aromatic heterocycles. The molecule has 0 fully saturated rings. The second kappa shape index (κ2) is 7.86. The van der Waals surface area contributed by atoms with E-state index >= 15 is 0 Å². The number of rotatable bonds is 7. The van der Waals surface area contributed by atoms with Crippen LogP contribution in [0, 0.1) is 6.92 Å². The standard InChI is InChI=1S/C16H19ClF2N2O2/c1-10(22)7-21(8-14(18)19)9-15-20-11(2)16(23-15)12-3-5-13(17)6-4-12/h3-6,10,14,22H,7-9H2,1-2H3. The Hall–Kier alpha value is -1.50. The summed E-state index contributed by atoms with van der Waals surface area (Å²) in [6.07, 6.45) is -3.19. The van der Waals surface area contributed by atoms with Crippen LogP contribution in [0.3, 0.4) is 0 Å². The zero-order chi connectivity index (χ0) is 17.0. The Morgan fingerprint density at radius 3 is 2.48 bits per heavy atom. The first-order valence-electron chi connectivity index (χ1n) is 7.26. The van der Waals surface area contributed by atoms with Crippen molar-refractivity contribution < 1.29 is 18.3 Å². The molecule has 1 aromatic carbocycles. The highest BCUT2D eigenvalue weighted by Crippen LogP contribution is 2.26. The predicted octanol–water partition coefficient (Wildman–Crippen LogP) is 3.75. The second-order valence-electron chi connectivity index (χ2n) is 5.46. The van der Waals surface area contributed by atoms with E-state index in [9.17, 15) is 13.9 Å². The summed E-state index contributed by atoms with van der Waals surface area (Å²) in [5.74, 6) is 0.930. The minimum absolute atomic E-state index is 0.115. The number of aliphatic hydroxyl groups is 1. The molecule has 1 unspecified atom stereocenters. The van der Waals surface area contributed by atoms with Gasteiger partial charge < -0.3 is 9.52 Å². The number of aliphatic hydroxyl groups excluding tert-OH is 1. The van der Waals surface area contributed by atoms with Crippen molar-refractivity contribution in [3.63, 3.8) is 0 Å². The normalized spacial score (nSPS) is 13.0. The lowest BCUT2D eigenvalue weighted by Gasteiger charge is -2.21. The highest BCUT2D eigenvalue weighted by Gasteiger charge is 2.19. The zero-order valence-corrected chi connectivity index (χ0v) is 13.7. The number of nitrogens with zero attached hydrogens (tertiary/aromatic N) is 2. The van der Waals surface area contributed by atoms with Gasteiger partial charge in [0, 0.05) is 17.1 Å². The summed E-state index contributed by atoms with van der Waals surface area (Å²) in [6, 6.07) is 7.11. The third kappa shape index (κ3) is 5.27. The van der Waals surface area contributed by atoms with Crippen LogP contribution in [0.15, 0.2) is 28.7 Å². The Morgan fingerprint density at radius 2 is 1.91 bits per heavy atom. The van der Waals surface area contributed by atoms with Crippen LogP contribution in [0.1, 0.15) is 18.5 Å². The molecule has 4 nitrogen and oxygen atoms in total. The summed E-state index contributed by atoms with van der Waals surface area (Å²) in [7, 11) is 0. The largest absolute Gasteiger partial charge is 0.439 e. The maximum atomic E-state index is 12.6. The predicted molar refractivity (Wildman–Crippen MR) is 84.6 cm³/mol. The van der Waals surface area contributed by atoms with E-state index in [0.717, 1.165) is 5.56 Å². The maximum absolute atomic E-state index is 12.6. The third-order valence-electron chi connectivity index (χ3n) is 3.22. The minimum atomic E-state index is -2.49. The van der Waals surface area contributed by atoms with Gasteiger partial charge in [-0.15, -0.1) is 0 Å². The van der Waals surface area contributed by atoms with Crippen molar-refractivity contribution in [2.75, 3.05) is 13.1 Å². The van der Waals surface area contributed by atoms with Crippen LogP contribution in [0.5, 0.6) is 0 Å². The van der Waals surface area contributed by atoms with E-state index in [4.69, 9.17) is 16.0 Å². The molecule has 0 bridgehead atoms. The van der Waals surface area contributed by atoms with Gasteiger partial charge in [-0.25, -0.2) is 13.8 Å². The van der Waals surface area contributed by atoms with E-state index in [-0.39, 0.29) is 13.1 Å². The number of benzene rings is 1. The number of aromatic nitrogens is 1. The average Bonchev–Trinajstić information content (AvgIpc) is 2.78. The third-order valence-corrected chi connectivity index (χ3v) is 3.48. The summed E-state index contributed by atoms with van der Waals surface area (Å²) in [5.41, 5.74) is 1.50. The lowest BCUT2D eigenvalue weighted by molar-refractivity contribution is 0.0522. The highest BCUT2D eigenvalue weighted by atomic mass is 35.5.